The summed E-state index contributed by atoms with van der Waals surface area (Å²) in [5.74, 6) is -0.0761. The molecule has 2 N–H and O–H groups in total. The summed E-state index contributed by atoms with van der Waals surface area (Å²) < 4.78 is 25.0. The van der Waals surface area contributed by atoms with Crippen molar-refractivity contribution in [1.29, 1.82) is 0 Å². The van der Waals surface area contributed by atoms with E-state index in [1.807, 2.05) is 13.2 Å². The second-order valence-corrected chi connectivity index (χ2v) is 8.66. The number of piperidine rings is 1. The second kappa shape index (κ2) is 8.36. The van der Waals surface area contributed by atoms with Crippen molar-refractivity contribution in [3.63, 3.8) is 0 Å². The van der Waals surface area contributed by atoms with E-state index in [-0.39, 0.29) is 35.5 Å². The molecule has 1 aliphatic rings. The van der Waals surface area contributed by atoms with E-state index in [4.69, 9.17) is 0 Å². The molecule has 2 atom stereocenters. The highest BCUT2D eigenvalue weighted by atomic mass is 32.2. The van der Waals surface area contributed by atoms with Gasteiger partial charge in [-0.3, -0.25) is 4.79 Å². The third kappa shape index (κ3) is 5.12. The van der Waals surface area contributed by atoms with Gasteiger partial charge in [0.1, 0.15) is 0 Å². The van der Waals surface area contributed by atoms with Crippen molar-refractivity contribution < 1.29 is 18.3 Å². The Balaban J connectivity index is 2.49. The van der Waals surface area contributed by atoms with Crippen LogP contribution < -0.4 is 5.32 Å². The van der Waals surface area contributed by atoms with Gasteiger partial charge in [0, 0.05) is 30.3 Å². The summed E-state index contributed by atoms with van der Waals surface area (Å²) in [5, 5.41) is 12.1. The molecule has 0 radical (unpaired) electrons. The Bertz CT molecular complexity index is 429. The van der Waals surface area contributed by atoms with Crippen LogP contribution in [0.5, 0.6) is 0 Å². The van der Waals surface area contributed by atoms with Crippen molar-refractivity contribution in [1.82, 2.24) is 9.62 Å². The average molecular weight is 338 g/mol. The lowest BCUT2D eigenvalue weighted by Crippen LogP contribution is -2.47. The lowest BCUT2D eigenvalue weighted by Gasteiger charge is -2.31. The van der Waals surface area contributed by atoms with Crippen molar-refractivity contribution in [2.75, 3.05) is 31.7 Å². The number of carbonyl (C=O) groups is 1. The fourth-order valence-electron chi connectivity index (χ4n) is 2.45. The maximum Gasteiger partial charge on any atom is 0.223 e. The summed E-state index contributed by atoms with van der Waals surface area (Å²) in [5.41, 5.74) is 0. The topological polar surface area (TPSA) is 86.7 Å². The third-order valence-corrected chi connectivity index (χ3v) is 7.04. The van der Waals surface area contributed by atoms with Crippen molar-refractivity contribution in [2.45, 2.75) is 38.0 Å². The van der Waals surface area contributed by atoms with Gasteiger partial charge in [0.05, 0.1) is 12.4 Å². The minimum absolute atomic E-state index is 0.0190. The van der Waals surface area contributed by atoms with Gasteiger partial charge in [0.2, 0.25) is 15.9 Å². The quantitative estimate of drug-likeness (QED) is 0.696. The molecule has 0 aromatic heterocycles. The molecule has 0 spiro atoms. The molecule has 0 saturated carbocycles. The number of nitrogens with one attached hydrogen (secondary N) is 1. The second-order valence-electron chi connectivity index (χ2n) is 5.33. The predicted octanol–water partition coefficient (Wildman–Crippen LogP) is 0.277. The molecule has 1 fully saturated rings. The minimum Gasteiger partial charge on any atom is -0.395 e. The summed E-state index contributed by atoms with van der Waals surface area (Å²) in [7, 11) is -3.15. The Kier molecular flexibility index (Phi) is 7.46. The molecular weight excluding hydrogens is 312 g/mol. The number of thioether (sulfide) groups is 1. The lowest BCUT2D eigenvalue weighted by atomic mass is 9.97. The molecule has 1 rings (SSSR count). The van der Waals surface area contributed by atoms with Crippen LogP contribution in [0, 0.1) is 5.92 Å². The van der Waals surface area contributed by atoms with Crippen LogP contribution in [0.3, 0.4) is 0 Å². The molecule has 0 bridgehead atoms. The molecule has 8 heteroatoms. The molecule has 21 heavy (non-hydrogen) atoms. The molecular formula is C13H26N2O4S2. The average Bonchev–Trinajstić information content (AvgIpc) is 2.48. The molecule has 2 unspecified atom stereocenters. The first kappa shape index (κ1) is 18.7. The van der Waals surface area contributed by atoms with Crippen LogP contribution in [0.25, 0.3) is 0 Å². The van der Waals surface area contributed by atoms with Gasteiger partial charge >= 0.3 is 0 Å². The maximum absolute atomic E-state index is 12.2. The monoisotopic (exact) mass is 338 g/mol. The van der Waals surface area contributed by atoms with Crippen LogP contribution in [0.4, 0.5) is 0 Å². The smallest absolute Gasteiger partial charge is 0.223 e. The van der Waals surface area contributed by atoms with Gasteiger partial charge in [-0.15, -0.1) is 0 Å². The van der Waals surface area contributed by atoms with Crippen molar-refractivity contribution in [2.24, 2.45) is 5.92 Å². The third-order valence-electron chi connectivity index (χ3n) is 3.99. The molecule has 6 nitrogen and oxygen atoms in total. The van der Waals surface area contributed by atoms with Gasteiger partial charge in [-0.05, 0) is 32.9 Å². The van der Waals surface area contributed by atoms with Gasteiger partial charge in [-0.1, -0.05) is 0 Å². The number of rotatable bonds is 7. The molecule has 0 aromatic rings. The Morgan fingerprint density at radius 1 is 1.43 bits per heavy atom. The van der Waals surface area contributed by atoms with E-state index in [1.165, 1.54) is 16.1 Å². The summed E-state index contributed by atoms with van der Waals surface area (Å²) >= 11 is 1.52. The maximum atomic E-state index is 12.2. The highest BCUT2D eigenvalue weighted by Crippen LogP contribution is 2.21. The van der Waals surface area contributed by atoms with Crippen LogP contribution in [0.15, 0.2) is 0 Å². The Morgan fingerprint density at radius 3 is 2.43 bits per heavy atom. The standard InChI is InChI=1S/C13H26N2O4S2/c1-4-21(18,19)15-7-5-11(6-8-15)13(17)14-10(2)12(9-16)20-3/h10-12,16H,4-9H2,1-3H3,(H,14,17). The van der Waals surface area contributed by atoms with E-state index in [0.29, 0.717) is 25.9 Å². The van der Waals surface area contributed by atoms with Crippen LogP contribution in [-0.2, 0) is 14.8 Å². The van der Waals surface area contributed by atoms with E-state index < -0.39 is 10.0 Å². The van der Waals surface area contributed by atoms with E-state index in [2.05, 4.69) is 5.32 Å². The number of hydrogen-bond donors (Lipinski definition) is 2. The highest BCUT2D eigenvalue weighted by molar-refractivity contribution is 7.99. The van der Waals surface area contributed by atoms with Gasteiger partial charge in [-0.2, -0.15) is 11.8 Å². The molecule has 1 amide bonds. The fraction of sp³-hybridized carbons (Fsp3) is 0.923. The minimum atomic E-state index is -3.15. The Morgan fingerprint density at radius 2 is 2.00 bits per heavy atom. The molecule has 0 aromatic carbocycles. The summed E-state index contributed by atoms with van der Waals surface area (Å²) in [6.07, 6.45) is 3.01. The predicted molar refractivity (Wildman–Crippen MR) is 85.8 cm³/mol. The normalized spacial score (nSPS) is 21.0. The van der Waals surface area contributed by atoms with Crippen LogP contribution in [-0.4, -0.2) is 66.7 Å². The van der Waals surface area contributed by atoms with Gasteiger partial charge < -0.3 is 10.4 Å². The Hall–Kier alpha value is -0.310. The van der Waals surface area contributed by atoms with Gasteiger partial charge in [-0.25, -0.2) is 12.7 Å². The zero-order chi connectivity index (χ0) is 16.0. The highest BCUT2D eigenvalue weighted by Gasteiger charge is 2.31. The van der Waals surface area contributed by atoms with E-state index >= 15 is 0 Å². The van der Waals surface area contributed by atoms with E-state index in [9.17, 15) is 18.3 Å². The van der Waals surface area contributed by atoms with Crippen molar-refractivity contribution in [3.05, 3.63) is 0 Å². The van der Waals surface area contributed by atoms with E-state index in [1.54, 1.807) is 6.92 Å². The number of hydrogen-bond acceptors (Lipinski definition) is 5. The molecule has 1 aliphatic heterocycles. The van der Waals surface area contributed by atoms with Crippen molar-refractivity contribution >= 4 is 27.7 Å². The molecule has 124 valence electrons. The number of aliphatic hydroxyl groups excluding tert-OH is 1. The first-order chi connectivity index (χ1) is 9.85. The van der Waals surface area contributed by atoms with Crippen LogP contribution in [0.2, 0.25) is 0 Å². The van der Waals surface area contributed by atoms with Crippen LogP contribution in [0.1, 0.15) is 26.7 Å². The van der Waals surface area contributed by atoms with E-state index in [0.717, 1.165) is 0 Å². The van der Waals surface area contributed by atoms with Crippen molar-refractivity contribution in [3.8, 4) is 0 Å². The summed E-state index contributed by atoms with van der Waals surface area (Å²) in [4.78, 5) is 12.2. The molecule has 0 aliphatic carbocycles. The zero-order valence-electron chi connectivity index (χ0n) is 12.9. The Labute approximate surface area is 131 Å². The number of aliphatic hydroxyl groups is 1. The number of amides is 1. The summed E-state index contributed by atoms with van der Waals surface area (Å²) in [6.45, 7) is 4.36. The first-order valence-electron chi connectivity index (χ1n) is 7.27. The number of carbonyl (C=O) groups excluding carboxylic acids is 1. The summed E-state index contributed by atoms with van der Waals surface area (Å²) in [6, 6.07) is -0.102. The fourth-order valence-corrected chi connectivity index (χ4v) is 4.21. The van der Waals surface area contributed by atoms with Gasteiger partial charge in [0.15, 0.2) is 0 Å². The first-order valence-corrected chi connectivity index (χ1v) is 10.2. The molecule has 1 heterocycles. The lowest BCUT2D eigenvalue weighted by molar-refractivity contribution is -0.126. The SMILES string of the molecule is CCS(=O)(=O)N1CCC(C(=O)NC(C)C(CO)SC)CC1. The largest absolute Gasteiger partial charge is 0.395 e. The zero-order valence-corrected chi connectivity index (χ0v) is 14.5. The van der Waals surface area contributed by atoms with Crippen LogP contribution >= 0.6 is 11.8 Å². The van der Waals surface area contributed by atoms with Gasteiger partial charge in [0.25, 0.3) is 0 Å². The number of nitrogens with zero attached hydrogens (tertiary/aromatic N) is 1. The molecule has 1 saturated heterocycles. The number of sulfonamides is 1.